The van der Waals surface area contributed by atoms with Crippen LogP contribution in [0.25, 0.3) is 10.9 Å². The molecule has 0 spiro atoms. The van der Waals surface area contributed by atoms with E-state index in [1.54, 1.807) is 7.11 Å². The molecule has 0 amide bonds. The molecule has 5 nitrogen and oxygen atoms in total. The van der Waals surface area contributed by atoms with E-state index in [0.717, 1.165) is 22.2 Å². The molecule has 0 unspecified atom stereocenters. The van der Waals surface area contributed by atoms with Gasteiger partial charge in [-0.15, -0.1) is 0 Å². The van der Waals surface area contributed by atoms with Gasteiger partial charge >= 0.3 is 5.97 Å². The van der Waals surface area contributed by atoms with Crippen molar-refractivity contribution in [3.05, 3.63) is 30.0 Å². The zero-order valence-electron chi connectivity index (χ0n) is 10.7. The highest BCUT2D eigenvalue weighted by Gasteiger charge is 2.19. The second-order valence-electron chi connectivity index (χ2n) is 4.11. The number of hydrogen-bond donors (Lipinski definition) is 2. The number of hydrogen-bond acceptors (Lipinski definition) is 4. The van der Waals surface area contributed by atoms with Crippen molar-refractivity contribution in [2.45, 2.75) is 12.5 Å². The highest BCUT2D eigenvalue weighted by Crippen LogP contribution is 2.24. The van der Waals surface area contributed by atoms with Crippen molar-refractivity contribution in [1.29, 1.82) is 0 Å². The summed E-state index contributed by atoms with van der Waals surface area (Å²) in [4.78, 5) is 14.8. The molecule has 0 fully saturated rings. The molecule has 2 rings (SSSR count). The van der Waals surface area contributed by atoms with Crippen LogP contribution in [0.4, 0.5) is 0 Å². The van der Waals surface area contributed by atoms with Gasteiger partial charge in [0.15, 0.2) is 0 Å². The molecule has 1 atom stereocenters. The summed E-state index contributed by atoms with van der Waals surface area (Å²) in [5.74, 6) is 0.476. The molecule has 2 aromatic rings. The molecule has 1 aromatic heterocycles. The van der Waals surface area contributed by atoms with Crippen LogP contribution in [0.2, 0.25) is 0 Å². The molecular formula is C13H15BrN2O3. The summed E-state index contributed by atoms with van der Waals surface area (Å²) in [6.45, 7) is 0. The normalized spacial score (nSPS) is 12.4. The quantitative estimate of drug-likeness (QED) is 0.653. The van der Waals surface area contributed by atoms with E-state index in [4.69, 9.17) is 9.47 Å². The molecule has 19 heavy (non-hydrogen) atoms. The number of aromatic nitrogens is 1. The first-order valence-corrected chi connectivity index (χ1v) is 6.57. The minimum absolute atomic E-state index is 0.311. The number of fused-ring (bicyclic) bond motifs is 1. The van der Waals surface area contributed by atoms with Crippen LogP contribution < -0.4 is 9.08 Å². The minimum Gasteiger partial charge on any atom is -0.497 e. The summed E-state index contributed by atoms with van der Waals surface area (Å²) in [6, 6.07) is 5.36. The maximum Gasteiger partial charge on any atom is 0.324 e. The average Bonchev–Trinajstić information content (AvgIpc) is 2.85. The van der Waals surface area contributed by atoms with Crippen molar-refractivity contribution in [3.63, 3.8) is 0 Å². The molecule has 0 radical (unpaired) electrons. The van der Waals surface area contributed by atoms with Crippen LogP contribution in [0.5, 0.6) is 5.75 Å². The fourth-order valence-electron chi connectivity index (χ4n) is 1.98. The predicted molar refractivity (Wildman–Crippen MR) is 76.4 cm³/mol. The number of rotatable bonds is 5. The molecule has 0 aliphatic heterocycles. The minimum atomic E-state index is -0.435. The summed E-state index contributed by atoms with van der Waals surface area (Å²) >= 11 is 3.11. The Labute approximate surface area is 119 Å². The van der Waals surface area contributed by atoms with Crippen LogP contribution in [0.3, 0.4) is 0 Å². The standard InChI is InChI=1S/C13H15BrN2O3/c1-18-9-3-4-11-10(6-9)8(7-15-11)5-12(16-14)13(17)19-2/h3-4,6-7,12,15-16H,5H2,1-2H3/t12-/m0/s1. The summed E-state index contributed by atoms with van der Waals surface area (Å²) < 4.78 is 12.7. The molecular weight excluding hydrogens is 312 g/mol. The first-order valence-electron chi connectivity index (χ1n) is 5.77. The number of aromatic amines is 1. The van der Waals surface area contributed by atoms with Crippen LogP contribution in [0, 0.1) is 0 Å². The van der Waals surface area contributed by atoms with Gasteiger partial charge in [-0.1, -0.05) is 0 Å². The van der Waals surface area contributed by atoms with E-state index >= 15 is 0 Å². The second kappa shape index (κ2) is 6.08. The maximum absolute atomic E-state index is 11.6. The third-order valence-corrected chi connectivity index (χ3v) is 3.57. The zero-order valence-corrected chi connectivity index (χ0v) is 12.3. The van der Waals surface area contributed by atoms with Crippen LogP contribution in [0.1, 0.15) is 5.56 Å². The lowest BCUT2D eigenvalue weighted by molar-refractivity contribution is -0.142. The van der Waals surface area contributed by atoms with E-state index in [0.29, 0.717) is 6.42 Å². The molecule has 1 aromatic carbocycles. The molecule has 102 valence electrons. The third-order valence-electron chi connectivity index (χ3n) is 3.02. The lowest BCUT2D eigenvalue weighted by Crippen LogP contribution is -2.33. The topological polar surface area (TPSA) is 63.4 Å². The van der Waals surface area contributed by atoms with Crippen molar-refractivity contribution < 1.29 is 14.3 Å². The van der Waals surface area contributed by atoms with E-state index in [-0.39, 0.29) is 5.97 Å². The average molecular weight is 327 g/mol. The summed E-state index contributed by atoms with van der Waals surface area (Å²) in [5, 5.41) is 1.04. The molecule has 2 N–H and O–H groups in total. The van der Waals surface area contributed by atoms with Gasteiger partial charge in [-0.05, 0) is 23.8 Å². The number of methoxy groups -OCH3 is 2. The Morgan fingerprint density at radius 3 is 2.89 bits per heavy atom. The van der Waals surface area contributed by atoms with Gasteiger partial charge in [0.25, 0.3) is 0 Å². The van der Waals surface area contributed by atoms with Gasteiger partial charge in [0.2, 0.25) is 0 Å². The first-order chi connectivity index (χ1) is 9.19. The molecule has 0 aliphatic carbocycles. The highest BCUT2D eigenvalue weighted by atomic mass is 79.9. The fraction of sp³-hybridized carbons (Fsp3) is 0.308. The number of nitrogens with one attached hydrogen (secondary N) is 2. The van der Waals surface area contributed by atoms with E-state index in [9.17, 15) is 4.79 Å². The number of H-pyrrole nitrogens is 1. The van der Waals surface area contributed by atoms with Gasteiger partial charge in [-0.2, -0.15) is 0 Å². The smallest absolute Gasteiger partial charge is 0.324 e. The van der Waals surface area contributed by atoms with Crippen molar-refractivity contribution in [1.82, 2.24) is 9.33 Å². The Morgan fingerprint density at radius 1 is 1.47 bits per heavy atom. The van der Waals surface area contributed by atoms with E-state index in [1.165, 1.54) is 7.11 Å². The molecule has 0 saturated carbocycles. The van der Waals surface area contributed by atoms with Gasteiger partial charge in [0, 0.05) is 39.7 Å². The summed E-state index contributed by atoms with van der Waals surface area (Å²) in [7, 11) is 3.00. The number of carbonyl (C=O) groups is 1. The predicted octanol–water partition coefficient (Wildman–Crippen LogP) is 2.16. The maximum atomic E-state index is 11.6. The molecule has 6 heteroatoms. The van der Waals surface area contributed by atoms with Gasteiger partial charge < -0.3 is 14.5 Å². The van der Waals surface area contributed by atoms with Crippen molar-refractivity contribution >= 4 is 33.0 Å². The Morgan fingerprint density at radius 2 is 2.26 bits per heavy atom. The molecule has 0 bridgehead atoms. The Kier molecular flexibility index (Phi) is 4.44. The molecule has 0 aliphatic rings. The number of halogens is 1. The summed E-state index contributed by atoms with van der Waals surface area (Å²) in [5.41, 5.74) is 2.03. The van der Waals surface area contributed by atoms with E-state index in [2.05, 4.69) is 25.5 Å². The Bertz CT molecular complexity index is 582. The number of esters is 1. The number of ether oxygens (including phenoxy) is 2. The van der Waals surface area contributed by atoms with Crippen LogP contribution in [-0.4, -0.2) is 31.2 Å². The zero-order chi connectivity index (χ0) is 13.8. The lowest BCUT2D eigenvalue weighted by Gasteiger charge is -2.11. The Balaban J connectivity index is 2.31. The molecule has 1 heterocycles. The SMILES string of the molecule is COC(=O)[C@H](Cc1c[nH]c2ccc(OC)cc12)NBr. The van der Waals surface area contributed by atoms with Gasteiger partial charge in [0.05, 0.1) is 14.2 Å². The lowest BCUT2D eigenvalue weighted by atomic mass is 10.1. The van der Waals surface area contributed by atoms with Gasteiger partial charge in [0.1, 0.15) is 11.8 Å². The van der Waals surface area contributed by atoms with Crippen molar-refractivity contribution in [2.75, 3.05) is 14.2 Å². The largest absolute Gasteiger partial charge is 0.497 e. The van der Waals surface area contributed by atoms with Crippen LogP contribution >= 0.6 is 16.1 Å². The number of benzene rings is 1. The first kappa shape index (κ1) is 13.9. The number of carbonyl (C=O) groups excluding carboxylic acids is 1. The van der Waals surface area contributed by atoms with Crippen molar-refractivity contribution in [2.24, 2.45) is 0 Å². The van der Waals surface area contributed by atoms with Crippen molar-refractivity contribution in [3.8, 4) is 5.75 Å². The Hall–Kier alpha value is -1.53. The monoisotopic (exact) mass is 326 g/mol. The highest BCUT2D eigenvalue weighted by molar-refractivity contribution is 9.08. The molecule has 0 saturated heterocycles. The van der Waals surface area contributed by atoms with Crippen LogP contribution in [0.15, 0.2) is 24.4 Å². The fourth-order valence-corrected chi connectivity index (χ4v) is 2.33. The van der Waals surface area contributed by atoms with Gasteiger partial charge in [-0.3, -0.25) is 4.79 Å². The van der Waals surface area contributed by atoms with E-state index in [1.807, 2.05) is 24.4 Å². The third kappa shape index (κ3) is 2.90. The summed E-state index contributed by atoms with van der Waals surface area (Å²) in [6.07, 6.45) is 2.41. The van der Waals surface area contributed by atoms with E-state index < -0.39 is 6.04 Å². The van der Waals surface area contributed by atoms with Gasteiger partial charge in [-0.25, -0.2) is 4.34 Å². The van der Waals surface area contributed by atoms with Crippen LogP contribution in [-0.2, 0) is 16.0 Å². The second-order valence-corrected chi connectivity index (χ2v) is 4.57.